The maximum absolute atomic E-state index is 13.3. The Morgan fingerprint density at radius 2 is 1.79 bits per heavy atom. The van der Waals surface area contributed by atoms with Crippen molar-refractivity contribution in [3.8, 4) is 0 Å². The molecule has 9 nitrogen and oxygen atoms in total. The number of benzene rings is 2. The topological polar surface area (TPSA) is 138 Å². The van der Waals surface area contributed by atoms with Crippen molar-refractivity contribution in [2.45, 2.75) is 31.3 Å². The van der Waals surface area contributed by atoms with E-state index in [2.05, 4.69) is 39.6 Å². The first kappa shape index (κ1) is 26.9. The molecule has 5 N–H and O–H groups in total. The van der Waals surface area contributed by atoms with Crippen LogP contribution in [0.25, 0.3) is 0 Å². The van der Waals surface area contributed by atoms with E-state index in [0.29, 0.717) is 17.8 Å². The second-order valence-corrected chi connectivity index (χ2v) is 10.3. The number of thiophene rings is 1. The molecule has 1 saturated heterocycles. The summed E-state index contributed by atoms with van der Waals surface area (Å²) >= 11 is 1.34. The van der Waals surface area contributed by atoms with Crippen LogP contribution in [0, 0.1) is 5.41 Å². The van der Waals surface area contributed by atoms with Crippen molar-refractivity contribution in [3.63, 3.8) is 0 Å². The number of rotatable bonds is 9. The molecule has 0 aliphatic carbocycles. The molecule has 0 saturated carbocycles. The third kappa shape index (κ3) is 6.57. The molecule has 1 fully saturated rings. The fourth-order valence-electron chi connectivity index (χ4n) is 4.73. The van der Waals surface area contributed by atoms with Crippen LogP contribution in [0.5, 0.6) is 0 Å². The molecule has 38 heavy (non-hydrogen) atoms. The summed E-state index contributed by atoms with van der Waals surface area (Å²) in [6.45, 7) is 0.367. The molecule has 0 spiro atoms. The lowest BCUT2D eigenvalue weighted by atomic mass is 9.89. The molecule has 0 bridgehead atoms. The van der Waals surface area contributed by atoms with Gasteiger partial charge in [-0.25, -0.2) is 4.79 Å². The number of hydrogen-bond acceptors (Lipinski definition) is 6. The maximum Gasteiger partial charge on any atom is 0.407 e. The monoisotopic (exact) mass is 533 g/mol. The predicted octanol–water partition coefficient (Wildman–Crippen LogP) is 2.98. The summed E-state index contributed by atoms with van der Waals surface area (Å²) in [6.07, 6.45) is 0.506. The zero-order valence-electron chi connectivity index (χ0n) is 21.1. The molecule has 0 radical (unpaired) electrons. The number of ether oxygens (including phenoxy) is 1. The number of nitrogens with one attached hydrogen (secondary N) is 3. The molecule has 10 heteroatoms. The minimum absolute atomic E-state index is 0.0183. The highest BCUT2D eigenvalue weighted by Gasteiger charge is 2.40. The van der Waals surface area contributed by atoms with Crippen LogP contribution >= 0.6 is 11.3 Å². The van der Waals surface area contributed by atoms with Gasteiger partial charge in [0.1, 0.15) is 18.4 Å². The summed E-state index contributed by atoms with van der Waals surface area (Å²) in [4.78, 5) is 41.1. The van der Waals surface area contributed by atoms with Crippen LogP contribution in [0.4, 0.5) is 4.79 Å². The van der Waals surface area contributed by atoms with Crippen LogP contribution in [0.2, 0.25) is 0 Å². The number of methoxy groups -OCH3 is 1. The Morgan fingerprint density at radius 3 is 2.50 bits per heavy atom. The molecule has 2 heterocycles. The van der Waals surface area contributed by atoms with Crippen molar-refractivity contribution in [3.05, 3.63) is 93.2 Å². The number of nitrogens with two attached hydrogens (primary N) is 1. The average molecular weight is 534 g/mol. The van der Waals surface area contributed by atoms with E-state index in [-0.39, 0.29) is 36.7 Å². The molecule has 1 aromatic heterocycles. The number of amides is 3. The van der Waals surface area contributed by atoms with Gasteiger partial charge < -0.3 is 26.0 Å². The molecule has 4 rings (SSSR count). The Kier molecular flexibility index (Phi) is 8.75. The Bertz CT molecular complexity index is 1310. The van der Waals surface area contributed by atoms with Gasteiger partial charge in [0, 0.05) is 17.3 Å². The third-order valence-electron chi connectivity index (χ3n) is 6.59. The predicted molar refractivity (Wildman–Crippen MR) is 146 cm³/mol. The van der Waals surface area contributed by atoms with E-state index < -0.39 is 12.1 Å². The minimum Gasteiger partial charge on any atom is -0.453 e. The molecular formula is C28H31N5O4S. The van der Waals surface area contributed by atoms with E-state index in [1.807, 2.05) is 36.4 Å². The van der Waals surface area contributed by atoms with Gasteiger partial charge in [-0.1, -0.05) is 54.6 Å². The first-order valence-corrected chi connectivity index (χ1v) is 13.1. The number of nitrogen functional groups attached to an aromatic ring is 1. The second kappa shape index (κ2) is 12.4. The highest BCUT2D eigenvalue weighted by molar-refractivity contribution is 7.14. The fourth-order valence-corrected chi connectivity index (χ4v) is 5.53. The van der Waals surface area contributed by atoms with Gasteiger partial charge in [0.15, 0.2) is 0 Å². The Labute approximate surface area is 225 Å². The lowest BCUT2D eigenvalue weighted by Crippen LogP contribution is -2.48. The SMILES string of the molecule is COC(=O)NCC(=O)N1CC(c2ccccc2Cc2ccccc2)C[C@H]1C(=O)NCc1ccc(C(=N)N)s1. The van der Waals surface area contributed by atoms with E-state index in [1.54, 1.807) is 11.0 Å². The first-order valence-electron chi connectivity index (χ1n) is 12.3. The van der Waals surface area contributed by atoms with E-state index in [1.165, 1.54) is 24.0 Å². The summed E-state index contributed by atoms with van der Waals surface area (Å²) < 4.78 is 4.58. The number of hydrogen-bond donors (Lipinski definition) is 4. The minimum atomic E-state index is -0.706. The standard InChI is InChI=1S/C28H31N5O4S/c1-37-28(36)32-16-25(34)33-17-20(22-10-6-5-9-19(22)13-18-7-3-2-4-8-18)14-23(33)27(35)31-15-21-11-12-24(38-21)26(29)30/h2-12,20,23H,13-17H2,1H3,(H3,29,30)(H,31,35)(H,32,36)/t20?,23-/m0/s1. The van der Waals surface area contributed by atoms with Gasteiger partial charge in [-0.2, -0.15) is 0 Å². The van der Waals surface area contributed by atoms with Crippen LogP contribution in [0.15, 0.2) is 66.7 Å². The lowest BCUT2D eigenvalue weighted by Gasteiger charge is -2.24. The quantitative estimate of drug-likeness (QED) is 0.248. The normalized spacial score (nSPS) is 16.6. The number of likely N-dealkylation sites (tertiary alicyclic amines) is 1. The largest absolute Gasteiger partial charge is 0.453 e. The zero-order chi connectivity index (χ0) is 27.1. The molecule has 2 aromatic carbocycles. The smallest absolute Gasteiger partial charge is 0.407 e. The number of nitrogens with zero attached hydrogens (tertiary/aromatic N) is 1. The number of carbonyl (C=O) groups excluding carboxylic acids is 3. The van der Waals surface area contributed by atoms with Gasteiger partial charge in [0.05, 0.1) is 18.5 Å². The molecule has 2 atom stereocenters. The van der Waals surface area contributed by atoms with E-state index in [9.17, 15) is 14.4 Å². The number of carbonyl (C=O) groups is 3. The van der Waals surface area contributed by atoms with Crippen LogP contribution in [-0.2, 0) is 27.3 Å². The second-order valence-electron chi connectivity index (χ2n) is 9.10. The van der Waals surface area contributed by atoms with Crippen molar-refractivity contribution in [1.82, 2.24) is 15.5 Å². The van der Waals surface area contributed by atoms with Gasteiger partial charge in [-0.05, 0) is 41.7 Å². The summed E-state index contributed by atoms with van der Waals surface area (Å²) in [7, 11) is 1.23. The highest BCUT2D eigenvalue weighted by atomic mass is 32.1. The zero-order valence-corrected chi connectivity index (χ0v) is 21.9. The molecule has 1 unspecified atom stereocenters. The third-order valence-corrected chi connectivity index (χ3v) is 7.71. The maximum atomic E-state index is 13.3. The van der Waals surface area contributed by atoms with Crippen LogP contribution < -0.4 is 16.4 Å². The van der Waals surface area contributed by atoms with Gasteiger partial charge in [-0.3, -0.25) is 15.0 Å². The van der Waals surface area contributed by atoms with Crippen molar-refractivity contribution < 1.29 is 19.1 Å². The summed E-state index contributed by atoms with van der Waals surface area (Å²) in [6, 6.07) is 21.2. The summed E-state index contributed by atoms with van der Waals surface area (Å²) in [5.74, 6) is -0.681. The number of amidine groups is 1. The Balaban J connectivity index is 1.52. The molecule has 1 aliphatic rings. The van der Waals surface area contributed by atoms with Crippen molar-refractivity contribution in [2.75, 3.05) is 20.2 Å². The van der Waals surface area contributed by atoms with Gasteiger partial charge in [-0.15, -0.1) is 11.3 Å². The van der Waals surface area contributed by atoms with Crippen molar-refractivity contribution >= 4 is 35.1 Å². The lowest BCUT2D eigenvalue weighted by molar-refractivity contribution is -0.137. The van der Waals surface area contributed by atoms with E-state index in [4.69, 9.17) is 11.1 Å². The van der Waals surface area contributed by atoms with Crippen molar-refractivity contribution in [2.24, 2.45) is 5.73 Å². The van der Waals surface area contributed by atoms with Gasteiger partial charge in [0.2, 0.25) is 11.8 Å². The molecule has 198 valence electrons. The fraction of sp³-hybridized carbons (Fsp3) is 0.286. The Morgan fingerprint density at radius 1 is 1.05 bits per heavy atom. The van der Waals surface area contributed by atoms with Crippen LogP contribution in [0.3, 0.4) is 0 Å². The van der Waals surface area contributed by atoms with Crippen LogP contribution in [-0.4, -0.2) is 54.9 Å². The van der Waals surface area contributed by atoms with Gasteiger partial charge in [0.25, 0.3) is 0 Å². The molecule has 3 aromatic rings. The summed E-state index contributed by atoms with van der Waals surface area (Å²) in [5, 5.41) is 12.9. The van der Waals surface area contributed by atoms with Crippen LogP contribution in [0.1, 0.15) is 38.8 Å². The number of alkyl carbamates (subject to hydrolysis) is 1. The first-order chi connectivity index (χ1) is 18.4. The van der Waals surface area contributed by atoms with Crippen molar-refractivity contribution in [1.29, 1.82) is 5.41 Å². The molecule has 1 aliphatic heterocycles. The average Bonchev–Trinajstić information content (AvgIpc) is 3.59. The molecule has 3 amide bonds. The van der Waals surface area contributed by atoms with E-state index >= 15 is 0 Å². The Hall–Kier alpha value is -4.18. The molecular weight excluding hydrogens is 502 g/mol. The van der Waals surface area contributed by atoms with Gasteiger partial charge >= 0.3 is 6.09 Å². The van der Waals surface area contributed by atoms with E-state index in [0.717, 1.165) is 22.4 Å². The summed E-state index contributed by atoms with van der Waals surface area (Å²) in [5.41, 5.74) is 8.99. The highest BCUT2D eigenvalue weighted by Crippen LogP contribution is 2.34.